The maximum absolute atomic E-state index is 12.7. The van der Waals surface area contributed by atoms with E-state index in [0.29, 0.717) is 17.7 Å². The number of carbonyl (C=O) groups is 1. The van der Waals surface area contributed by atoms with Gasteiger partial charge in [0.2, 0.25) is 0 Å². The minimum atomic E-state index is -2.96. The lowest BCUT2D eigenvalue weighted by atomic mass is 10.2. The third-order valence-electron chi connectivity index (χ3n) is 4.71. The Labute approximate surface area is 152 Å². The zero-order valence-electron chi connectivity index (χ0n) is 14.7. The van der Waals surface area contributed by atoms with E-state index in [1.165, 1.54) is 11.8 Å². The number of nitrogens with zero attached hydrogens (tertiary/aromatic N) is 3. The first kappa shape index (κ1) is 18.3. The molecule has 0 bridgehead atoms. The summed E-state index contributed by atoms with van der Waals surface area (Å²) in [6.07, 6.45) is 4.26. The van der Waals surface area contributed by atoms with Crippen LogP contribution in [0.4, 0.5) is 0 Å². The molecule has 0 N–H and O–H groups in total. The van der Waals surface area contributed by atoms with Gasteiger partial charge in [0.1, 0.15) is 0 Å². The second-order valence-electron chi connectivity index (χ2n) is 6.42. The number of aryl methyl sites for hydroxylation is 2. The van der Waals surface area contributed by atoms with E-state index in [1.54, 1.807) is 6.20 Å². The molecule has 2 aromatic heterocycles. The van der Waals surface area contributed by atoms with Crippen LogP contribution in [0.5, 0.6) is 0 Å². The van der Waals surface area contributed by atoms with E-state index < -0.39 is 9.84 Å². The van der Waals surface area contributed by atoms with Crippen LogP contribution in [0, 0.1) is 13.8 Å². The van der Waals surface area contributed by atoms with Crippen molar-refractivity contribution in [1.82, 2.24) is 14.1 Å². The Morgan fingerprint density at radius 2 is 2.16 bits per heavy atom. The fraction of sp³-hybridized carbons (Fsp3) is 0.529. The zero-order valence-corrected chi connectivity index (χ0v) is 16.4. The number of ketones is 1. The summed E-state index contributed by atoms with van der Waals surface area (Å²) in [4.78, 5) is 17.0. The fourth-order valence-corrected chi connectivity index (χ4v) is 6.09. The first-order chi connectivity index (χ1) is 11.8. The van der Waals surface area contributed by atoms with Gasteiger partial charge < -0.3 is 9.13 Å². The van der Waals surface area contributed by atoms with Gasteiger partial charge in [-0.25, -0.2) is 13.4 Å². The summed E-state index contributed by atoms with van der Waals surface area (Å²) in [6, 6.07) is 1.83. The molecule has 0 radical (unpaired) electrons. The largest absolute Gasteiger partial charge is 0.344 e. The Kier molecular flexibility index (Phi) is 5.11. The molecular weight excluding hydrogens is 358 g/mol. The molecule has 1 aliphatic heterocycles. The normalized spacial score (nSPS) is 19.4. The minimum absolute atomic E-state index is 0.0517. The Hall–Kier alpha value is -1.54. The first-order valence-corrected chi connectivity index (χ1v) is 11.2. The molecule has 25 heavy (non-hydrogen) atoms. The first-order valence-electron chi connectivity index (χ1n) is 8.38. The molecule has 1 fully saturated rings. The highest BCUT2D eigenvalue weighted by molar-refractivity contribution is 7.99. The molecule has 0 spiro atoms. The summed E-state index contributed by atoms with van der Waals surface area (Å²) < 4.78 is 27.6. The maximum Gasteiger partial charge on any atom is 0.175 e. The smallest absolute Gasteiger partial charge is 0.175 e. The summed E-state index contributed by atoms with van der Waals surface area (Å²) in [5.41, 5.74) is 2.50. The van der Waals surface area contributed by atoms with Gasteiger partial charge in [-0.15, -0.1) is 0 Å². The van der Waals surface area contributed by atoms with Gasteiger partial charge >= 0.3 is 0 Å². The van der Waals surface area contributed by atoms with Gasteiger partial charge in [-0.2, -0.15) is 0 Å². The molecule has 1 atom stereocenters. The van der Waals surface area contributed by atoms with Gasteiger partial charge in [0, 0.05) is 41.9 Å². The van der Waals surface area contributed by atoms with E-state index in [0.717, 1.165) is 23.1 Å². The third kappa shape index (κ3) is 3.69. The van der Waals surface area contributed by atoms with Crippen LogP contribution >= 0.6 is 11.8 Å². The number of sulfone groups is 1. The number of Topliss-reactive ketones (excluding diaryl/α,β-unsaturated/α-hetero) is 1. The van der Waals surface area contributed by atoms with Crippen LogP contribution in [0.25, 0.3) is 0 Å². The molecule has 1 aliphatic rings. The van der Waals surface area contributed by atoms with E-state index in [1.807, 2.05) is 42.2 Å². The van der Waals surface area contributed by atoms with Crippen LogP contribution in [-0.4, -0.2) is 45.6 Å². The summed E-state index contributed by atoms with van der Waals surface area (Å²) in [5.74, 6) is 0.771. The van der Waals surface area contributed by atoms with Crippen molar-refractivity contribution in [2.24, 2.45) is 0 Å². The number of aromatic nitrogens is 3. The quantitative estimate of drug-likeness (QED) is 0.568. The van der Waals surface area contributed by atoms with E-state index >= 15 is 0 Å². The molecule has 8 heteroatoms. The highest BCUT2D eigenvalue weighted by Crippen LogP contribution is 2.30. The van der Waals surface area contributed by atoms with Gasteiger partial charge in [-0.3, -0.25) is 4.79 Å². The number of thioether (sulfide) groups is 1. The SMILES string of the molecule is CCn1ccnc1SCC(=O)c1cc(C)n(C2CCS(=O)(=O)C2)c1C. The third-order valence-corrected chi connectivity index (χ3v) is 7.46. The van der Waals surface area contributed by atoms with E-state index in [4.69, 9.17) is 0 Å². The van der Waals surface area contributed by atoms with E-state index in [2.05, 4.69) is 4.98 Å². The fourth-order valence-electron chi connectivity index (χ4n) is 3.48. The Morgan fingerprint density at radius 1 is 1.40 bits per heavy atom. The van der Waals surface area contributed by atoms with Crippen molar-refractivity contribution in [1.29, 1.82) is 0 Å². The molecule has 0 aromatic carbocycles. The van der Waals surface area contributed by atoms with Crippen molar-refractivity contribution >= 4 is 27.4 Å². The Bertz CT molecular complexity index is 896. The summed E-state index contributed by atoms with van der Waals surface area (Å²) in [7, 11) is -2.96. The lowest BCUT2D eigenvalue weighted by molar-refractivity contribution is 0.102. The molecule has 3 rings (SSSR count). The molecule has 0 saturated carbocycles. The average molecular weight is 382 g/mol. The van der Waals surface area contributed by atoms with Crippen molar-refractivity contribution in [2.75, 3.05) is 17.3 Å². The van der Waals surface area contributed by atoms with Gasteiger partial charge in [-0.05, 0) is 33.3 Å². The van der Waals surface area contributed by atoms with Crippen molar-refractivity contribution in [3.05, 3.63) is 35.4 Å². The molecule has 0 amide bonds. The van der Waals surface area contributed by atoms with Crippen molar-refractivity contribution < 1.29 is 13.2 Å². The highest BCUT2D eigenvalue weighted by Gasteiger charge is 2.31. The van der Waals surface area contributed by atoms with E-state index in [-0.39, 0.29) is 23.3 Å². The molecule has 136 valence electrons. The van der Waals surface area contributed by atoms with Crippen LogP contribution in [0.1, 0.15) is 41.1 Å². The van der Waals surface area contributed by atoms with E-state index in [9.17, 15) is 13.2 Å². The molecule has 1 saturated heterocycles. The van der Waals surface area contributed by atoms with Gasteiger partial charge in [0.15, 0.2) is 20.8 Å². The second-order valence-corrected chi connectivity index (χ2v) is 9.59. The summed E-state index contributed by atoms with van der Waals surface area (Å²) in [6.45, 7) is 6.70. The molecular formula is C17H23N3O3S2. The Morgan fingerprint density at radius 3 is 2.80 bits per heavy atom. The van der Waals surface area contributed by atoms with Crippen molar-refractivity contribution in [2.45, 2.75) is 44.9 Å². The Balaban J connectivity index is 1.77. The predicted molar refractivity (Wildman–Crippen MR) is 99.2 cm³/mol. The molecule has 2 aromatic rings. The number of hydrogen-bond acceptors (Lipinski definition) is 5. The molecule has 6 nitrogen and oxygen atoms in total. The van der Waals surface area contributed by atoms with Gasteiger partial charge in [-0.1, -0.05) is 11.8 Å². The number of imidazole rings is 1. The lowest BCUT2D eigenvalue weighted by Gasteiger charge is -2.16. The van der Waals surface area contributed by atoms with Crippen LogP contribution in [0.2, 0.25) is 0 Å². The van der Waals surface area contributed by atoms with Crippen LogP contribution in [-0.2, 0) is 16.4 Å². The van der Waals surface area contributed by atoms with Gasteiger partial charge in [0.25, 0.3) is 0 Å². The van der Waals surface area contributed by atoms with Crippen molar-refractivity contribution in [3.63, 3.8) is 0 Å². The predicted octanol–water partition coefficient (Wildman–Crippen LogP) is 2.66. The summed E-state index contributed by atoms with van der Waals surface area (Å²) in [5, 5.41) is 0.839. The van der Waals surface area contributed by atoms with Crippen LogP contribution < -0.4 is 0 Å². The average Bonchev–Trinajstić information content (AvgIpc) is 3.22. The monoisotopic (exact) mass is 381 g/mol. The van der Waals surface area contributed by atoms with Crippen molar-refractivity contribution in [3.8, 4) is 0 Å². The number of carbonyl (C=O) groups excluding carboxylic acids is 1. The number of hydrogen-bond donors (Lipinski definition) is 0. The van der Waals surface area contributed by atoms with Crippen LogP contribution in [0.3, 0.4) is 0 Å². The van der Waals surface area contributed by atoms with Gasteiger partial charge in [0.05, 0.1) is 17.3 Å². The molecule has 0 aliphatic carbocycles. The maximum atomic E-state index is 12.7. The van der Waals surface area contributed by atoms with Crippen LogP contribution in [0.15, 0.2) is 23.6 Å². The molecule has 3 heterocycles. The summed E-state index contributed by atoms with van der Waals surface area (Å²) >= 11 is 1.43. The topological polar surface area (TPSA) is 74.0 Å². The molecule has 1 unspecified atom stereocenters. The highest BCUT2D eigenvalue weighted by atomic mass is 32.2. The standard InChI is InChI=1S/C17H23N3O3S2/c1-4-19-7-6-18-17(19)24-10-16(21)15-9-12(2)20(13(15)3)14-5-8-25(22,23)11-14/h6-7,9,14H,4-5,8,10-11H2,1-3H3. The number of rotatable bonds is 6. The second kappa shape index (κ2) is 6.99. The lowest BCUT2D eigenvalue weighted by Crippen LogP contribution is -2.14. The minimum Gasteiger partial charge on any atom is -0.344 e. The zero-order chi connectivity index (χ0) is 18.2.